The van der Waals surface area contributed by atoms with E-state index in [0.29, 0.717) is 24.2 Å². The molecule has 0 atom stereocenters. The van der Waals surface area contributed by atoms with Gasteiger partial charge in [0, 0.05) is 6.92 Å². The van der Waals surface area contributed by atoms with Gasteiger partial charge in [0.05, 0.1) is 23.8 Å². The van der Waals surface area contributed by atoms with Crippen molar-refractivity contribution in [3.8, 4) is 6.07 Å². The molecule has 0 aliphatic rings. The number of benzene rings is 2. The lowest BCUT2D eigenvalue weighted by Gasteiger charge is -2.12. The molecule has 0 saturated carbocycles. The molecule has 0 bridgehead atoms. The topological polar surface area (TPSA) is 76.4 Å². The van der Waals surface area contributed by atoms with Crippen molar-refractivity contribution >= 4 is 17.5 Å². The van der Waals surface area contributed by atoms with Crippen molar-refractivity contribution in [3.63, 3.8) is 0 Å². The second kappa shape index (κ2) is 10.1. The molecule has 0 saturated heterocycles. The molecule has 2 aromatic carbocycles. The first-order valence-corrected chi connectivity index (χ1v) is 9.06. The smallest absolute Gasteiger partial charge is 0.338 e. The predicted octanol–water partition coefficient (Wildman–Crippen LogP) is 4.44. The predicted molar refractivity (Wildman–Crippen MR) is 106 cm³/mol. The molecule has 28 heavy (non-hydrogen) atoms. The van der Waals surface area contributed by atoms with Gasteiger partial charge in [-0.25, -0.2) is 4.79 Å². The summed E-state index contributed by atoms with van der Waals surface area (Å²) in [5.41, 5.74) is 4.71. The summed E-state index contributed by atoms with van der Waals surface area (Å²) in [7, 11) is 0. The number of nitrogens with zero attached hydrogens (tertiary/aromatic N) is 1. The second-order valence-electron chi connectivity index (χ2n) is 6.18. The van der Waals surface area contributed by atoms with Crippen molar-refractivity contribution in [2.24, 2.45) is 0 Å². The van der Waals surface area contributed by atoms with E-state index in [2.05, 4.69) is 6.07 Å². The fourth-order valence-electron chi connectivity index (χ4n) is 2.80. The molecule has 5 heteroatoms. The molecule has 0 fully saturated rings. The maximum absolute atomic E-state index is 11.8. The molecule has 0 spiro atoms. The maximum atomic E-state index is 11.8. The third-order valence-electron chi connectivity index (χ3n) is 4.17. The van der Waals surface area contributed by atoms with Gasteiger partial charge in [-0.1, -0.05) is 36.4 Å². The third-order valence-corrected chi connectivity index (χ3v) is 4.17. The number of hydrogen-bond acceptors (Lipinski definition) is 5. The Morgan fingerprint density at radius 1 is 1.07 bits per heavy atom. The van der Waals surface area contributed by atoms with E-state index in [0.717, 1.165) is 22.3 Å². The first kappa shape index (κ1) is 20.9. The molecule has 2 rings (SSSR count). The molecule has 0 amide bonds. The number of carbonyl (C=O) groups excluding carboxylic acids is 2. The summed E-state index contributed by atoms with van der Waals surface area (Å²) < 4.78 is 10.1. The van der Waals surface area contributed by atoms with Crippen LogP contribution in [0.15, 0.2) is 48.5 Å². The molecule has 0 aliphatic carbocycles. The van der Waals surface area contributed by atoms with Crippen LogP contribution in [0.4, 0.5) is 0 Å². The molecular formula is C23H23NO4. The molecule has 0 heterocycles. The van der Waals surface area contributed by atoms with E-state index < -0.39 is 0 Å². The van der Waals surface area contributed by atoms with Gasteiger partial charge in [-0.15, -0.1) is 0 Å². The highest BCUT2D eigenvalue weighted by Gasteiger charge is 2.11. The Hall–Kier alpha value is -3.39. The Bertz CT molecular complexity index is 921. The summed E-state index contributed by atoms with van der Waals surface area (Å²) in [5, 5.41) is 9.42. The number of allylic oxidation sites excluding steroid dienone is 2. The van der Waals surface area contributed by atoms with E-state index in [-0.39, 0.29) is 18.5 Å². The zero-order valence-electron chi connectivity index (χ0n) is 16.3. The highest BCUT2D eigenvalue weighted by atomic mass is 16.5. The summed E-state index contributed by atoms with van der Waals surface area (Å²) in [6, 6.07) is 15.1. The van der Waals surface area contributed by atoms with Gasteiger partial charge in [-0.05, 0) is 54.7 Å². The van der Waals surface area contributed by atoms with Gasteiger partial charge in [-0.3, -0.25) is 4.79 Å². The lowest BCUT2D eigenvalue weighted by molar-refractivity contribution is -0.142. The SMILES string of the molecule is C/C=C(/C#N)c1ccc(COC(C)=O)cc1Cc1ccc(C(=O)OCC)cc1. The summed E-state index contributed by atoms with van der Waals surface area (Å²) in [6.45, 7) is 5.48. The van der Waals surface area contributed by atoms with Gasteiger partial charge in [0.1, 0.15) is 6.61 Å². The Kier molecular flexibility index (Phi) is 7.53. The second-order valence-corrected chi connectivity index (χ2v) is 6.18. The molecular weight excluding hydrogens is 354 g/mol. The zero-order chi connectivity index (χ0) is 20.5. The van der Waals surface area contributed by atoms with Gasteiger partial charge in [-0.2, -0.15) is 5.26 Å². The normalized spacial score (nSPS) is 10.9. The minimum absolute atomic E-state index is 0.183. The van der Waals surface area contributed by atoms with Crippen LogP contribution in [0.3, 0.4) is 0 Å². The van der Waals surface area contributed by atoms with Gasteiger partial charge >= 0.3 is 11.9 Å². The Morgan fingerprint density at radius 3 is 2.32 bits per heavy atom. The Morgan fingerprint density at radius 2 is 1.75 bits per heavy atom. The van der Waals surface area contributed by atoms with E-state index in [1.165, 1.54) is 6.92 Å². The largest absolute Gasteiger partial charge is 0.462 e. The highest BCUT2D eigenvalue weighted by Crippen LogP contribution is 2.24. The van der Waals surface area contributed by atoms with E-state index in [4.69, 9.17) is 9.47 Å². The third kappa shape index (κ3) is 5.55. The van der Waals surface area contributed by atoms with E-state index in [1.807, 2.05) is 37.3 Å². The van der Waals surface area contributed by atoms with Gasteiger partial charge in [0.2, 0.25) is 0 Å². The minimum atomic E-state index is -0.348. The molecule has 0 aromatic heterocycles. The van der Waals surface area contributed by atoms with E-state index in [9.17, 15) is 14.9 Å². The number of esters is 2. The average Bonchev–Trinajstić information content (AvgIpc) is 2.69. The fraction of sp³-hybridized carbons (Fsp3) is 0.261. The van der Waals surface area contributed by atoms with Gasteiger partial charge in [0.25, 0.3) is 0 Å². The molecule has 0 N–H and O–H groups in total. The summed E-state index contributed by atoms with van der Waals surface area (Å²) in [5.74, 6) is -0.690. The first-order chi connectivity index (χ1) is 13.5. The number of hydrogen-bond donors (Lipinski definition) is 0. The maximum Gasteiger partial charge on any atom is 0.338 e. The highest BCUT2D eigenvalue weighted by molar-refractivity contribution is 5.89. The number of ether oxygens (including phenoxy) is 2. The number of rotatable bonds is 7. The Balaban J connectivity index is 2.33. The van der Waals surface area contributed by atoms with Crippen molar-refractivity contribution in [3.05, 3.63) is 76.4 Å². The number of nitriles is 1. The quantitative estimate of drug-likeness (QED) is 0.526. The zero-order valence-corrected chi connectivity index (χ0v) is 16.3. The Labute approximate surface area is 165 Å². The van der Waals surface area contributed by atoms with E-state index >= 15 is 0 Å². The van der Waals surface area contributed by atoms with Crippen LogP contribution >= 0.6 is 0 Å². The lowest BCUT2D eigenvalue weighted by Crippen LogP contribution is -2.05. The van der Waals surface area contributed by atoms with Crippen LogP contribution in [0.5, 0.6) is 0 Å². The van der Waals surface area contributed by atoms with Crippen molar-refractivity contribution < 1.29 is 19.1 Å². The van der Waals surface area contributed by atoms with Crippen LogP contribution < -0.4 is 0 Å². The number of carbonyl (C=O) groups is 2. The monoisotopic (exact) mass is 377 g/mol. The standard InChI is InChI=1S/C23H23NO4/c1-4-19(14-24)22-11-8-18(15-28-16(3)25)13-21(22)12-17-6-9-20(10-7-17)23(26)27-5-2/h4,6-11,13H,5,12,15H2,1-3H3/b19-4-. The summed E-state index contributed by atoms with van der Waals surface area (Å²) in [6.07, 6.45) is 2.35. The van der Waals surface area contributed by atoms with Crippen molar-refractivity contribution in [1.82, 2.24) is 0 Å². The summed E-state index contributed by atoms with van der Waals surface area (Å²) >= 11 is 0. The van der Waals surface area contributed by atoms with E-state index in [1.54, 1.807) is 25.1 Å². The molecule has 0 aliphatic heterocycles. The van der Waals surface area contributed by atoms with Crippen LogP contribution in [-0.2, 0) is 27.3 Å². The van der Waals surface area contributed by atoms with Gasteiger partial charge < -0.3 is 9.47 Å². The average molecular weight is 377 g/mol. The van der Waals surface area contributed by atoms with Crippen LogP contribution in [0.1, 0.15) is 53.4 Å². The molecule has 2 aromatic rings. The van der Waals surface area contributed by atoms with Crippen molar-refractivity contribution in [2.45, 2.75) is 33.8 Å². The first-order valence-electron chi connectivity index (χ1n) is 9.06. The van der Waals surface area contributed by atoms with Crippen LogP contribution in [0.25, 0.3) is 5.57 Å². The van der Waals surface area contributed by atoms with Gasteiger partial charge in [0.15, 0.2) is 0 Å². The fourth-order valence-corrected chi connectivity index (χ4v) is 2.80. The molecule has 0 radical (unpaired) electrons. The van der Waals surface area contributed by atoms with Crippen molar-refractivity contribution in [1.29, 1.82) is 5.26 Å². The van der Waals surface area contributed by atoms with Crippen LogP contribution in [-0.4, -0.2) is 18.5 Å². The van der Waals surface area contributed by atoms with Crippen LogP contribution in [0.2, 0.25) is 0 Å². The summed E-state index contributed by atoms with van der Waals surface area (Å²) in [4.78, 5) is 22.9. The van der Waals surface area contributed by atoms with Crippen molar-refractivity contribution in [2.75, 3.05) is 6.61 Å². The molecule has 144 valence electrons. The molecule has 5 nitrogen and oxygen atoms in total. The minimum Gasteiger partial charge on any atom is -0.462 e. The van der Waals surface area contributed by atoms with Crippen LogP contribution in [0, 0.1) is 11.3 Å². The molecule has 0 unspecified atom stereocenters. The lowest BCUT2D eigenvalue weighted by atomic mass is 9.93.